The molecule has 0 radical (unpaired) electrons. The van der Waals surface area contributed by atoms with Crippen LogP contribution in [0.3, 0.4) is 0 Å². The lowest BCUT2D eigenvalue weighted by atomic mass is 9.74. The Labute approximate surface area is 161 Å². The molecule has 0 saturated heterocycles. The lowest BCUT2D eigenvalue weighted by Crippen LogP contribution is -2.41. The van der Waals surface area contributed by atoms with E-state index in [9.17, 15) is 4.79 Å². The molecular formula is C22H15ClN2O2. The molecule has 1 amide bonds. The van der Waals surface area contributed by atoms with Gasteiger partial charge >= 0.3 is 0 Å². The molecule has 0 saturated carbocycles. The van der Waals surface area contributed by atoms with E-state index in [1.807, 2.05) is 66.7 Å². The number of amides is 1. The zero-order valence-corrected chi connectivity index (χ0v) is 15.0. The summed E-state index contributed by atoms with van der Waals surface area (Å²) in [6, 6.07) is 25.0. The summed E-state index contributed by atoms with van der Waals surface area (Å²) in [7, 11) is 0. The number of hydrogen-bond acceptors (Lipinski definition) is 3. The number of fused-ring (bicyclic) bond motifs is 2. The van der Waals surface area contributed by atoms with Gasteiger partial charge in [0.15, 0.2) is 0 Å². The molecule has 1 spiro atoms. The molecule has 0 fully saturated rings. The van der Waals surface area contributed by atoms with Crippen molar-refractivity contribution < 1.29 is 9.63 Å². The predicted octanol–water partition coefficient (Wildman–Crippen LogP) is 4.71. The van der Waals surface area contributed by atoms with Crippen molar-refractivity contribution >= 4 is 28.9 Å². The Kier molecular flexibility index (Phi) is 3.55. The van der Waals surface area contributed by atoms with E-state index in [-0.39, 0.29) is 11.8 Å². The van der Waals surface area contributed by atoms with Crippen LogP contribution in [0.25, 0.3) is 0 Å². The molecule has 5 heteroatoms. The lowest BCUT2D eigenvalue weighted by Gasteiger charge is -2.28. The van der Waals surface area contributed by atoms with Crippen LogP contribution in [-0.4, -0.2) is 11.6 Å². The first-order valence-electron chi connectivity index (χ1n) is 8.68. The van der Waals surface area contributed by atoms with E-state index in [2.05, 4.69) is 10.5 Å². The second kappa shape index (κ2) is 5.96. The standard InChI is InChI=1S/C22H15ClN2O2/c23-16-11-12-17-18(13-16)24-21(26)22(17)19(14-7-3-1-4-8-14)20(25-27-22)15-9-5-2-6-10-15/h1-13,19H,(H,24,26)/t19-,22-/m1/s1. The van der Waals surface area contributed by atoms with E-state index in [4.69, 9.17) is 16.4 Å². The smallest absolute Gasteiger partial charge is 0.277 e. The van der Waals surface area contributed by atoms with Crippen LogP contribution in [0.4, 0.5) is 5.69 Å². The van der Waals surface area contributed by atoms with Crippen LogP contribution < -0.4 is 5.32 Å². The summed E-state index contributed by atoms with van der Waals surface area (Å²) in [6.07, 6.45) is 0. The van der Waals surface area contributed by atoms with Crippen molar-refractivity contribution in [3.05, 3.63) is 101 Å². The fourth-order valence-electron chi connectivity index (χ4n) is 3.94. The maximum Gasteiger partial charge on any atom is 0.277 e. The van der Waals surface area contributed by atoms with E-state index in [0.717, 1.165) is 22.4 Å². The summed E-state index contributed by atoms with van der Waals surface area (Å²) < 4.78 is 0. The van der Waals surface area contributed by atoms with Gasteiger partial charge in [-0.15, -0.1) is 0 Å². The van der Waals surface area contributed by atoms with Gasteiger partial charge in [0.25, 0.3) is 11.5 Å². The van der Waals surface area contributed by atoms with E-state index < -0.39 is 5.60 Å². The molecule has 27 heavy (non-hydrogen) atoms. The summed E-state index contributed by atoms with van der Waals surface area (Å²) in [6.45, 7) is 0. The molecule has 0 aromatic heterocycles. The first-order valence-corrected chi connectivity index (χ1v) is 9.06. The molecule has 0 unspecified atom stereocenters. The molecular weight excluding hydrogens is 360 g/mol. The average Bonchev–Trinajstić information content (AvgIpc) is 3.22. The second-order valence-corrected chi connectivity index (χ2v) is 7.09. The number of hydrogen-bond donors (Lipinski definition) is 1. The first-order chi connectivity index (χ1) is 13.2. The molecule has 5 rings (SSSR count). The van der Waals surface area contributed by atoms with Gasteiger partial charge in [-0.2, -0.15) is 0 Å². The van der Waals surface area contributed by atoms with Crippen molar-refractivity contribution in [2.24, 2.45) is 5.16 Å². The van der Waals surface area contributed by atoms with Crippen LogP contribution in [0, 0.1) is 0 Å². The number of carbonyl (C=O) groups excluding carboxylic acids is 1. The summed E-state index contributed by atoms with van der Waals surface area (Å²) in [5.41, 5.74) is 2.80. The summed E-state index contributed by atoms with van der Waals surface area (Å²) in [4.78, 5) is 19.1. The molecule has 2 aliphatic rings. The van der Waals surface area contributed by atoms with Gasteiger partial charge in [-0.1, -0.05) is 83.5 Å². The monoisotopic (exact) mass is 374 g/mol. The van der Waals surface area contributed by atoms with Gasteiger partial charge < -0.3 is 10.2 Å². The molecule has 2 aliphatic heterocycles. The van der Waals surface area contributed by atoms with Crippen LogP contribution in [-0.2, 0) is 15.2 Å². The quantitative estimate of drug-likeness (QED) is 0.706. The highest BCUT2D eigenvalue weighted by Crippen LogP contribution is 2.53. The van der Waals surface area contributed by atoms with E-state index in [1.165, 1.54) is 0 Å². The van der Waals surface area contributed by atoms with Crippen molar-refractivity contribution in [2.45, 2.75) is 11.5 Å². The average molecular weight is 375 g/mol. The summed E-state index contributed by atoms with van der Waals surface area (Å²) >= 11 is 6.12. The van der Waals surface area contributed by atoms with Crippen molar-refractivity contribution in [3.8, 4) is 0 Å². The minimum atomic E-state index is -1.24. The molecule has 2 heterocycles. The lowest BCUT2D eigenvalue weighted by molar-refractivity contribution is -0.139. The van der Waals surface area contributed by atoms with Crippen LogP contribution in [0.5, 0.6) is 0 Å². The van der Waals surface area contributed by atoms with Crippen LogP contribution >= 0.6 is 11.6 Å². The Hall–Kier alpha value is -3.11. The van der Waals surface area contributed by atoms with Crippen LogP contribution in [0.15, 0.2) is 84.0 Å². The summed E-state index contributed by atoms with van der Waals surface area (Å²) in [5, 5.41) is 7.87. The highest BCUT2D eigenvalue weighted by Gasteiger charge is 2.61. The minimum absolute atomic E-state index is 0.233. The zero-order chi connectivity index (χ0) is 18.4. The van der Waals surface area contributed by atoms with Gasteiger partial charge in [0, 0.05) is 16.1 Å². The Morgan fingerprint density at radius 2 is 1.67 bits per heavy atom. The Morgan fingerprint density at radius 1 is 0.963 bits per heavy atom. The van der Waals surface area contributed by atoms with Crippen molar-refractivity contribution in [1.29, 1.82) is 0 Å². The Balaban J connectivity index is 1.74. The minimum Gasteiger partial charge on any atom is -0.373 e. The maximum atomic E-state index is 13.2. The van der Waals surface area contributed by atoms with Crippen LogP contribution in [0.1, 0.15) is 22.6 Å². The van der Waals surface area contributed by atoms with Gasteiger partial charge in [0.1, 0.15) is 0 Å². The predicted molar refractivity (Wildman–Crippen MR) is 105 cm³/mol. The summed E-state index contributed by atoms with van der Waals surface area (Å²) in [5.74, 6) is -0.605. The highest BCUT2D eigenvalue weighted by molar-refractivity contribution is 6.31. The van der Waals surface area contributed by atoms with Gasteiger partial charge in [-0.05, 0) is 17.7 Å². The Morgan fingerprint density at radius 3 is 2.41 bits per heavy atom. The number of oxime groups is 1. The molecule has 1 N–H and O–H groups in total. The molecule has 4 nitrogen and oxygen atoms in total. The second-order valence-electron chi connectivity index (χ2n) is 6.66. The van der Waals surface area contributed by atoms with Gasteiger partial charge in [-0.3, -0.25) is 4.79 Å². The molecule has 3 aromatic rings. The van der Waals surface area contributed by atoms with Gasteiger partial charge in [0.05, 0.1) is 17.3 Å². The number of anilines is 1. The Bertz CT molecular complexity index is 1070. The number of rotatable bonds is 2. The molecule has 0 bridgehead atoms. The van der Waals surface area contributed by atoms with E-state index >= 15 is 0 Å². The third-order valence-corrected chi connectivity index (χ3v) is 5.37. The number of halogens is 1. The fraction of sp³-hybridized carbons (Fsp3) is 0.0909. The van der Waals surface area contributed by atoms with Gasteiger partial charge in [-0.25, -0.2) is 0 Å². The molecule has 132 valence electrons. The highest BCUT2D eigenvalue weighted by atomic mass is 35.5. The van der Waals surface area contributed by atoms with Gasteiger partial charge in [0.2, 0.25) is 0 Å². The number of benzene rings is 3. The SMILES string of the molecule is O=C1Nc2cc(Cl)ccc2[C@]12ON=C(c1ccccc1)[C@H]2c1ccccc1. The van der Waals surface area contributed by atoms with E-state index in [1.54, 1.807) is 12.1 Å². The number of carbonyl (C=O) groups is 1. The van der Waals surface area contributed by atoms with E-state index in [0.29, 0.717) is 10.7 Å². The largest absolute Gasteiger partial charge is 0.373 e. The molecule has 3 aromatic carbocycles. The van der Waals surface area contributed by atoms with Crippen molar-refractivity contribution in [3.63, 3.8) is 0 Å². The molecule has 2 atom stereocenters. The van der Waals surface area contributed by atoms with Crippen molar-refractivity contribution in [2.75, 3.05) is 5.32 Å². The normalized spacial score (nSPS) is 22.9. The maximum absolute atomic E-state index is 13.2. The topological polar surface area (TPSA) is 50.7 Å². The fourth-order valence-corrected chi connectivity index (χ4v) is 4.12. The molecule has 0 aliphatic carbocycles. The van der Waals surface area contributed by atoms with Crippen LogP contribution in [0.2, 0.25) is 5.02 Å². The first kappa shape index (κ1) is 16.1. The number of nitrogens with one attached hydrogen (secondary N) is 1. The zero-order valence-electron chi connectivity index (χ0n) is 14.2. The number of nitrogens with zero attached hydrogens (tertiary/aromatic N) is 1. The van der Waals surface area contributed by atoms with Crippen molar-refractivity contribution in [1.82, 2.24) is 0 Å². The third-order valence-electron chi connectivity index (χ3n) is 5.14. The third kappa shape index (κ3) is 2.30.